The zero-order valence-corrected chi connectivity index (χ0v) is 17.6. The Morgan fingerprint density at radius 3 is 2.50 bits per heavy atom. The van der Waals surface area contributed by atoms with Crippen molar-refractivity contribution in [1.82, 2.24) is 0 Å². The summed E-state index contributed by atoms with van der Waals surface area (Å²) in [6, 6.07) is 11.9. The molecule has 0 radical (unpaired) electrons. The number of hydrogen-bond donors (Lipinski definition) is 0. The van der Waals surface area contributed by atoms with E-state index in [0.29, 0.717) is 24.4 Å². The molecule has 2 fully saturated rings. The molecule has 2 bridgehead atoms. The first-order chi connectivity index (χ1) is 13.6. The summed E-state index contributed by atoms with van der Waals surface area (Å²) >= 11 is 0. The predicted molar refractivity (Wildman–Crippen MR) is 114 cm³/mol. The number of ether oxygens (including phenoxy) is 1. The van der Waals surface area contributed by atoms with E-state index in [-0.39, 0.29) is 12.1 Å². The number of carbonyl (C=O) groups is 1. The van der Waals surface area contributed by atoms with E-state index in [9.17, 15) is 4.79 Å². The Morgan fingerprint density at radius 1 is 1.11 bits per heavy atom. The number of allylic oxidation sites excluding steroid dienone is 2. The van der Waals surface area contributed by atoms with Gasteiger partial charge in [-0.3, -0.25) is 4.79 Å². The summed E-state index contributed by atoms with van der Waals surface area (Å²) in [5, 5.41) is 0. The van der Waals surface area contributed by atoms with Crippen LogP contribution < -0.4 is 0 Å². The topological polar surface area (TPSA) is 26.3 Å². The molecular formula is C25H36NO2+. The second kappa shape index (κ2) is 8.41. The first-order valence-corrected chi connectivity index (χ1v) is 11.4. The van der Waals surface area contributed by atoms with Crippen molar-refractivity contribution < 1.29 is 14.0 Å². The third-order valence-electron chi connectivity index (χ3n) is 7.66. The minimum Gasteiger partial charge on any atom is -0.462 e. The standard InChI is InChI=1S/C25H36NO2/c1-3-15-26(2)21-13-14-22(26)18-23(17-21)28-25(27)16-20-11-7-8-12-24(20)19-9-5-4-6-10-19/h4-6,9-10,12,20-23H,3,7-8,11,13-18H2,1-2H3/q+1/t20?,21-,22+,23?,26?. The summed E-state index contributed by atoms with van der Waals surface area (Å²) in [6.07, 6.45) is 12.4. The van der Waals surface area contributed by atoms with E-state index in [1.54, 1.807) is 0 Å². The highest BCUT2D eigenvalue weighted by molar-refractivity contribution is 5.76. The molecule has 0 spiro atoms. The van der Waals surface area contributed by atoms with Gasteiger partial charge in [-0.05, 0) is 42.7 Å². The molecule has 3 heteroatoms. The van der Waals surface area contributed by atoms with Crippen LogP contribution in [0.2, 0.25) is 0 Å². The number of esters is 1. The van der Waals surface area contributed by atoms with Crippen LogP contribution in [0, 0.1) is 5.92 Å². The van der Waals surface area contributed by atoms with Gasteiger partial charge in [-0.25, -0.2) is 0 Å². The smallest absolute Gasteiger partial charge is 0.306 e. The van der Waals surface area contributed by atoms with E-state index in [1.165, 1.54) is 47.8 Å². The minimum atomic E-state index is 0.0183. The number of carbonyl (C=O) groups excluding carboxylic acids is 1. The summed E-state index contributed by atoms with van der Waals surface area (Å²) in [5.41, 5.74) is 2.61. The van der Waals surface area contributed by atoms with E-state index in [0.717, 1.165) is 25.7 Å². The number of quaternary nitrogens is 1. The molecule has 0 N–H and O–H groups in total. The highest BCUT2D eigenvalue weighted by atomic mass is 16.5. The maximum absolute atomic E-state index is 12.8. The third-order valence-corrected chi connectivity index (χ3v) is 7.66. The fourth-order valence-corrected chi connectivity index (χ4v) is 6.21. The average molecular weight is 383 g/mol. The van der Waals surface area contributed by atoms with Crippen LogP contribution in [0.25, 0.3) is 5.57 Å². The molecule has 28 heavy (non-hydrogen) atoms. The fourth-order valence-electron chi connectivity index (χ4n) is 6.21. The average Bonchev–Trinajstić information content (AvgIpc) is 2.86. The molecule has 2 saturated heterocycles. The van der Waals surface area contributed by atoms with E-state index in [2.05, 4.69) is 50.4 Å². The van der Waals surface area contributed by atoms with Crippen molar-refractivity contribution in [3.05, 3.63) is 42.0 Å². The predicted octanol–water partition coefficient (Wildman–Crippen LogP) is 5.35. The summed E-state index contributed by atoms with van der Waals surface area (Å²) in [4.78, 5) is 12.8. The molecule has 1 aromatic rings. The van der Waals surface area contributed by atoms with Crippen LogP contribution >= 0.6 is 0 Å². The molecular weight excluding hydrogens is 346 g/mol. The number of hydrogen-bond acceptors (Lipinski definition) is 2. The van der Waals surface area contributed by atoms with Crippen molar-refractivity contribution in [3.63, 3.8) is 0 Å². The van der Waals surface area contributed by atoms with Crippen LogP contribution in [-0.2, 0) is 9.53 Å². The monoisotopic (exact) mass is 382 g/mol. The van der Waals surface area contributed by atoms with Crippen LogP contribution in [-0.4, -0.2) is 42.2 Å². The van der Waals surface area contributed by atoms with Gasteiger partial charge in [0, 0.05) is 25.7 Å². The number of nitrogens with zero attached hydrogens (tertiary/aromatic N) is 1. The minimum absolute atomic E-state index is 0.0183. The van der Waals surface area contributed by atoms with Crippen molar-refractivity contribution in [2.24, 2.45) is 5.92 Å². The summed E-state index contributed by atoms with van der Waals surface area (Å²) in [6.45, 7) is 3.56. The van der Waals surface area contributed by atoms with Gasteiger partial charge < -0.3 is 9.22 Å². The fraction of sp³-hybridized carbons (Fsp3) is 0.640. The molecule has 3 nitrogen and oxygen atoms in total. The van der Waals surface area contributed by atoms with Crippen molar-refractivity contribution in [2.45, 2.75) is 82.9 Å². The zero-order chi connectivity index (χ0) is 19.6. The van der Waals surface area contributed by atoms with Crippen molar-refractivity contribution >= 4 is 11.5 Å². The molecule has 0 aromatic heterocycles. The van der Waals surface area contributed by atoms with Crippen molar-refractivity contribution in [2.75, 3.05) is 13.6 Å². The Hall–Kier alpha value is -1.61. The molecule has 3 aliphatic rings. The van der Waals surface area contributed by atoms with E-state index >= 15 is 0 Å². The van der Waals surface area contributed by atoms with Gasteiger partial charge in [0.05, 0.1) is 32.1 Å². The van der Waals surface area contributed by atoms with Gasteiger partial charge in [-0.15, -0.1) is 0 Å². The second-order valence-corrected chi connectivity index (χ2v) is 9.40. The van der Waals surface area contributed by atoms with Crippen LogP contribution in [0.15, 0.2) is 36.4 Å². The lowest BCUT2D eigenvalue weighted by atomic mass is 9.82. The van der Waals surface area contributed by atoms with E-state index < -0.39 is 0 Å². The zero-order valence-electron chi connectivity index (χ0n) is 17.6. The molecule has 4 rings (SSSR count). The maximum atomic E-state index is 12.8. The Kier molecular flexibility index (Phi) is 5.91. The SMILES string of the molecule is CCC[N+]1(C)[C@@H]2CC[C@H]1CC(OC(=O)CC1CCCC=C1c1ccccc1)C2. The molecule has 3 unspecified atom stereocenters. The molecule has 152 valence electrons. The Morgan fingerprint density at radius 2 is 1.82 bits per heavy atom. The number of piperidine rings is 1. The second-order valence-electron chi connectivity index (χ2n) is 9.40. The number of fused-ring (bicyclic) bond motifs is 2. The van der Waals surface area contributed by atoms with Gasteiger partial charge in [0.15, 0.2) is 0 Å². The lowest BCUT2D eigenvalue weighted by molar-refractivity contribution is -0.949. The first kappa shape index (κ1) is 19.7. The Bertz CT molecular complexity index is 697. The van der Waals surface area contributed by atoms with Gasteiger partial charge in [0.2, 0.25) is 0 Å². The molecule has 1 aromatic carbocycles. The summed E-state index contributed by atoms with van der Waals surface area (Å²) in [5.74, 6) is 0.329. The Labute approximate surface area is 170 Å². The normalized spacial score (nSPS) is 34.7. The van der Waals surface area contributed by atoms with Gasteiger partial charge in [-0.2, -0.15) is 0 Å². The third kappa shape index (κ3) is 3.91. The van der Waals surface area contributed by atoms with Crippen LogP contribution in [0.3, 0.4) is 0 Å². The van der Waals surface area contributed by atoms with Crippen LogP contribution in [0.4, 0.5) is 0 Å². The van der Waals surface area contributed by atoms with Crippen molar-refractivity contribution in [3.8, 4) is 0 Å². The quantitative estimate of drug-likeness (QED) is 0.489. The summed E-state index contributed by atoms with van der Waals surface area (Å²) < 4.78 is 7.27. The molecule has 0 amide bonds. The maximum Gasteiger partial charge on any atom is 0.306 e. The lowest BCUT2D eigenvalue weighted by Gasteiger charge is -2.46. The highest BCUT2D eigenvalue weighted by Crippen LogP contribution is 2.42. The molecule has 0 saturated carbocycles. The number of rotatable bonds is 6. The lowest BCUT2D eigenvalue weighted by Crippen LogP contribution is -2.59. The molecule has 2 heterocycles. The van der Waals surface area contributed by atoms with Gasteiger partial charge in [0.1, 0.15) is 6.10 Å². The van der Waals surface area contributed by atoms with E-state index in [1.807, 2.05) is 0 Å². The Balaban J connectivity index is 1.36. The van der Waals surface area contributed by atoms with Gasteiger partial charge >= 0.3 is 5.97 Å². The van der Waals surface area contributed by atoms with Crippen LogP contribution in [0.1, 0.15) is 70.3 Å². The van der Waals surface area contributed by atoms with Crippen LogP contribution in [0.5, 0.6) is 0 Å². The first-order valence-electron chi connectivity index (χ1n) is 11.4. The molecule has 1 aliphatic carbocycles. The molecule has 2 aliphatic heterocycles. The molecule has 5 atom stereocenters. The highest BCUT2D eigenvalue weighted by Gasteiger charge is 2.51. The van der Waals surface area contributed by atoms with E-state index in [4.69, 9.17) is 4.74 Å². The summed E-state index contributed by atoms with van der Waals surface area (Å²) in [7, 11) is 2.43. The van der Waals surface area contributed by atoms with Gasteiger partial charge in [0.25, 0.3) is 0 Å². The van der Waals surface area contributed by atoms with Gasteiger partial charge in [-0.1, -0.05) is 43.3 Å². The number of benzene rings is 1. The largest absolute Gasteiger partial charge is 0.462 e. The van der Waals surface area contributed by atoms with Crippen molar-refractivity contribution in [1.29, 1.82) is 0 Å².